The summed E-state index contributed by atoms with van der Waals surface area (Å²) in [6.07, 6.45) is 0. The smallest absolute Gasteiger partial charge is 0.0853 e. The van der Waals surface area contributed by atoms with Crippen LogP contribution in [0.3, 0.4) is 0 Å². The van der Waals surface area contributed by atoms with E-state index in [0.29, 0.717) is 13.1 Å². The zero-order valence-corrected chi connectivity index (χ0v) is 9.49. The zero-order valence-electron chi connectivity index (χ0n) is 9.49. The van der Waals surface area contributed by atoms with Gasteiger partial charge in [0, 0.05) is 5.69 Å². The molecule has 0 aromatic carbocycles. The molecule has 2 heterocycles. The highest BCUT2D eigenvalue weighted by molar-refractivity contribution is 5.12. The minimum absolute atomic E-state index is 0.601. The number of H-pyrrole nitrogens is 1. The Hall–Kier alpha value is -1.66. The van der Waals surface area contributed by atoms with Crippen LogP contribution in [0, 0.1) is 13.8 Å². The molecule has 16 heavy (non-hydrogen) atoms. The van der Waals surface area contributed by atoms with Crippen LogP contribution in [0.15, 0.2) is 12.1 Å². The van der Waals surface area contributed by atoms with Gasteiger partial charge >= 0.3 is 0 Å². The summed E-state index contributed by atoms with van der Waals surface area (Å²) < 4.78 is 1.91. The first-order valence-corrected chi connectivity index (χ1v) is 5.16. The monoisotopic (exact) mass is 220 g/mol. The lowest BCUT2D eigenvalue weighted by atomic mass is 10.3. The molecule has 0 radical (unpaired) electrons. The maximum absolute atomic E-state index is 5.32. The average Bonchev–Trinajstić information content (AvgIpc) is 2.76. The van der Waals surface area contributed by atoms with Crippen molar-refractivity contribution in [2.45, 2.75) is 26.9 Å². The molecule has 0 saturated heterocycles. The normalized spacial score (nSPS) is 10.9. The predicted molar refractivity (Wildman–Crippen MR) is 60.4 cm³/mol. The van der Waals surface area contributed by atoms with Gasteiger partial charge in [0.05, 0.1) is 30.2 Å². The number of hydrogen-bond acceptors (Lipinski definition) is 4. The molecule has 0 bridgehead atoms. The van der Waals surface area contributed by atoms with Crippen LogP contribution < -0.4 is 11.3 Å². The number of hydrazine groups is 1. The van der Waals surface area contributed by atoms with Crippen LogP contribution in [0.1, 0.15) is 22.8 Å². The first-order chi connectivity index (χ1) is 7.69. The standard InChI is InChI=1S/C10H16N6/c1-7-3-9(14-13-7)6-16-10(5-12-11)4-8(2)15-16/h3-4,12H,5-6,11H2,1-2H3,(H,13,14). The van der Waals surface area contributed by atoms with Gasteiger partial charge in [-0.2, -0.15) is 10.2 Å². The van der Waals surface area contributed by atoms with E-state index in [1.54, 1.807) is 0 Å². The number of aromatic amines is 1. The number of nitrogens with zero attached hydrogens (tertiary/aromatic N) is 3. The van der Waals surface area contributed by atoms with E-state index in [2.05, 4.69) is 20.7 Å². The summed E-state index contributed by atoms with van der Waals surface area (Å²) >= 11 is 0. The largest absolute Gasteiger partial charge is 0.283 e. The van der Waals surface area contributed by atoms with Gasteiger partial charge in [-0.25, -0.2) is 0 Å². The molecule has 6 nitrogen and oxygen atoms in total. The lowest BCUT2D eigenvalue weighted by molar-refractivity contribution is 0.597. The van der Waals surface area contributed by atoms with E-state index in [1.807, 2.05) is 30.7 Å². The van der Waals surface area contributed by atoms with Crippen LogP contribution in [-0.4, -0.2) is 20.0 Å². The van der Waals surface area contributed by atoms with Crippen molar-refractivity contribution in [3.05, 3.63) is 34.9 Å². The molecule has 0 saturated carbocycles. The van der Waals surface area contributed by atoms with Gasteiger partial charge in [-0.3, -0.25) is 21.0 Å². The van der Waals surface area contributed by atoms with E-state index in [-0.39, 0.29) is 0 Å². The lowest BCUT2D eigenvalue weighted by Crippen LogP contribution is -2.23. The Bertz CT molecular complexity index is 469. The first kappa shape index (κ1) is 10.8. The highest BCUT2D eigenvalue weighted by Crippen LogP contribution is 2.07. The molecular formula is C10H16N6. The molecule has 86 valence electrons. The molecule has 2 aromatic heterocycles. The molecule has 0 atom stereocenters. The Morgan fingerprint density at radius 1 is 1.44 bits per heavy atom. The van der Waals surface area contributed by atoms with Gasteiger partial charge in [0.25, 0.3) is 0 Å². The maximum Gasteiger partial charge on any atom is 0.0853 e. The van der Waals surface area contributed by atoms with Crippen LogP contribution in [-0.2, 0) is 13.1 Å². The van der Waals surface area contributed by atoms with Crippen LogP contribution >= 0.6 is 0 Å². The fourth-order valence-corrected chi connectivity index (χ4v) is 1.69. The van der Waals surface area contributed by atoms with Crippen molar-refractivity contribution in [3.63, 3.8) is 0 Å². The molecule has 0 fully saturated rings. The summed E-state index contributed by atoms with van der Waals surface area (Å²) in [5.41, 5.74) is 6.70. The van der Waals surface area contributed by atoms with E-state index >= 15 is 0 Å². The minimum atomic E-state index is 0.601. The fraction of sp³-hybridized carbons (Fsp3) is 0.400. The van der Waals surface area contributed by atoms with Crippen molar-refractivity contribution in [1.82, 2.24) is 25.4 Å². The summed E-state index contributed by atoms with van der Waals surface area (Å²) in [6.45, 7) is 5.21. The topological polar surface area (TPSA) is 84.5 Å². The highest BCUT2D eigenvalue weighted by atomic mass is 15.3. The van der Waals surface area contributed by atoms with Gasteiger partial charge < -0.3 is 0 Å². The number of nitrogens with one attached hydrogen (secondary N) is 2. The van der Waals surface area contributed by atoms with Crippen LogP contribution in [0.4, 0.5) is 0 Å². The Balaban J connectivity index is 2.19. The molecule has 2 rings (SSSR count). The second-order valence-electron chi connectivity index (χ2n) is 3.86. The average molecular weight is 220 g/mol. The van der Waals surface area contributed by atoms with Crippen molar-refractivity contribution < 1.29 is 0 Å². The number of aromatic nitrogens is 4. The maximum atomic E-state index is 5.32. The molecular weight excluding hydrogens is 204 g/mol. The third-order valence-electron chi connectivity index (χ3n) is 2.34. The lowest BCUT2D eigenvalue weighted by Gasteiger charge is -2.04. The van der Waals surface area contributed by atoms with E-state index < -0.39 is 0 Å². The molecule has 0 spiro atoms. The van der Waals surface area contributed by atoms with E-state index in [1.165, 1.54) is 0 Å². The minimum Gasteiger partial charge on any atom is -0.283 e. The van der Waals surface area contributed by atoms with Gasteiger partial charge in [-0.15, -0.1) is 0 Å². The van der Waals surface area contributed by atoms with Crippen LogP contribution in [0.25, 0.3) is 0 Å². The molecule has 0 unspecified atom stereocenters. The van der Waals surface area contributed by atoms with Crippen LogP contribution in [0.2, 0.25) is 0 Å². The van der Waals surface area contributed by atoms with Crippen molar-refractivity contribution in [1.29, 1.82) is 0 Å². The zero-order chi connectivity index (χ0) is 11.5. The van der Waals surface area contributed by atoms with Gasteiger partial charge in [-0.05, 0) is 26.0 Å². The predicted octanol–water partition coefficient (Wildman–Crippen LogP) is 0.235. The first-order valence-electron chi connectivity index (χ1n) is 5.16. The Labute approximate surface area is 93.8 Å². The van der Waals surface area contributed by atoms with Crippen molar-refractivity contribution in [3.8, 4) is 0 Å². The second kappa shape index (κ2) is 4.46. The highest BCUT2D eigenvalue weighted by Gasteiger charge is 2.06. The van der Waals surface area contributed by atoms with Crippen molar-refractivity contribution in [2.75, 3.05) is 0 Å². The summed E-state index contributed by atoms with van der Waals surface area (Å²) in [7, 11) is 0. The van der Waals surface area contributed by atoms with Gasteiger partial charge in [0.1, 0.15) is 0 Å². The molecule has 0 aliphatic rings. The second-order valence-corrected chi connectivity index (χ2v) is 3.86. The molecule has 0 aliphatic carbocycles. The summed E-state index contributed by atoms with van der Waals surface area (Å²) in [4.78, 5) is 0. The number of aryl methyl sites for hydroxylation is 2. The van der Waals surface area contributed by atoms with Gasteiger partial charge in [0.2, 0.25) is 0 Å². The molecule has 2 aromatic rings. The Morgan fingerprint density at radius 2 is 2.25 bits per heavy atom. The van der Waals surface area contributed by atoms with Crippen molar-refractivity contribution in [2.24, 2.45) is 5.84 Å². The number of rotatable bonds is 4. The van der Waals surface area contributed by atoms with E-state index in [9.17, 15) is 0 Å². The molecule has 4 N–H and O–H groups in total. The number of nitrogens with two attached hydrogens (primary N) is 1. The summed E-state index contributed by atoms with van der Waals surface area (Å²) in [6, 6.07) is 4.02. The molecule has 0 aliphatic heterocycles. The SMILES string of the molecule is Cc1cc(CNN)n(Cc2cc(C)[nH]n2)n1. The third kappa shape index (κ3) is 2.29. The van der Waals surface area contributed by atoms with E-state index in [4.69, 9.17) is 5.84 Å². The molecule has 0 amide bonds. The Morgan fingerprint density at radius 3 is 2.88 bits per heavy atom. The van der Waals surface area contributed by atoms with Gasteiger partial charge in [0.15, 0.2) is 0 Å². The van der Waals surface area contributed by atoms with E-state index in [0.717, 1.165) is 22.8 Å². The molecule has 6 heteroatoms. The Kier molecular flexibility index (Phi) is 3.02. The van der Waals surface area contributed by atoms with Gasteiger partial charge in [-0.1, -0.05) is 0 Å². The fourth-order valence-electron chi connectivity index (χ4n) is 1.69. The summed E-state index contributed by atoms with van der Waals surface area (Å²) in [5, 5.41) is 11.5. The summed E-state index contributed by atoms with van der Waals surface area (Å²) in [5.74, 6) is 5.32. The third-order valence-corrected chi connectivity index (χ3v) is 2.34. The number of hydrogen-bond donors (Lipinski definition) is 3. The van der Waals surface area contributed by atoms with Crippen LogP contribution in [0.5, 0.6) is 0 Å². The van der Waals surface area contributed by atoms with Crippen molar-refractivity contribution >= 4 is 0 Å². The quantitative estimate of drug-likeness (QED) is 0.509.